The van der Waals surface area contributed by atoms with Crippen LogP contribution < -0.4 is 0 Å². The zero-order chi connectivity index (χ0) is 32.0. The number of aliphatic hydroxyl groups excluding tert-OH is 8. The summed E-state index contributed by atoms with van der Waals surface area (Å²) in [5.41, 5.74) is 5.51. The maximum atomic E-state index is 10.4. The fraction of sp³-hybridized carbons (Fsp3) is 0.529. The van der Waals surface area contributed by atoms with Crippen LogP contribution >= 0.6 is 0 Å². The summed E-state index contributed by atoms with van der Waals surface area (Å²) in [6.45, 7) is 0.707. The van der Waals surface area contributed by atoms with Gasteiger partial charge in [0.2, 0.25) is 0 Å². The SMILES string of the molecule is CN1CCC2(CC1)c1cc(C#CC3OC(CO)[C@@H](O)C(O)C3O)ccc1-c1ccc(C#CC3OC(CO)[C@@H](O)C(O)C3O)cc12. The number of rotatable bonds is 2. The number of nitrogens with zero attached hydrogens (tertiary/aromatic N) is 1. The van der Waals surface area contributed by atoms with E-state index in [1.807, 2.05) is 24.3 Å². The molecule has 8 unspecified atom stereocenters. The summed E-state index contributed by atoms with van der Waals surface area (Å²) in [7, 11) is 2.09. The highest BCUT2D eigenvalue weighted by Crippen LogP contribution is 2.54. The molecule has 6 rings (SSSR count). The lowest BCUT2D eigenvalue weighted by molar-refractivity contribution is -0.214. The fourth-order valence-corrected chi connectivity index (χ4v) is 6.94. The molecule has 4 aliphatic rings. The van der Waals surface area contributed by atoms with Gasteiger partial charge < -0.3 is 55.2 Å². The highest BCUT2D eigenvalue weighted by molar-refractivity contribution is 5.82. The van der Waals surface area contributed by atoms with Crippen molar-refractivity contribution < 1.29 is 50.3 Å². The summed E-state index contributed by atoms with van der Waals surface area (Å²) in [6.07, 6.45) is -11.3. The number of benzene rings is 2. The Hall–Kier alpha value is -2.88. The van der Waals surface area contributed by atoms with Crippen molar-refractivity contribution in [2.75, 3.05) is 33.4 Å². The molecule has 8 N–H and O–H groups in total. The van der Waals surface area contributed by atoms with Gasteiger partial charge >= 0.3 is 0 Å². The molecule has 1 aliphatic carbocycles. The van der Waals surface area contributed by atoms with Gasteiger partial charge in [-0.2, -0.15) is 0 Å². The number of piperidine rings is 1. The van der Waals surface area contributed by atoms with E-state index in [1.54, 1.807) is 0 Å². The third-order valence-electron chi connectivity index (χ3n) is 9.70. The minimum Gasteiger partial charge on any atom is -0.394 e. The first kappa shape index (κ1) is 32.1. The zero-order valence-electron chi connectivity index (χ0n) is 24.8. The van der Waals surface area contributed by atoms with Crippen LogP contribution in [0.15, 0.2) is 36.4 Å². The van der Waals surface area contributed by atoms with Crippen molar-refractivity contribution >= 4 is 0 Å². The van der Waals surface area contributed by atoms with E-state index < -0.39 is 74.3 Å². The van der Waals surface area contributed by atoms with E-state index in [0.29, 0.717) is 11.1 Å². The molecule has 0 saturated carbocycles. The Morgan fingerprint density at radius 1 is 0.667 bits per heavy atom. The molecule has 3 saturated heterocycles. The van der Waals surface area contributed by atoms with Crippen LogP contribution in [0.25, 0.3) is 11.1 Å². The van der Waals surface area contributed by atoms with Crippen LogP contribution in [0.1, 0.15) is 35.1 Å². The molecule has 3 heterocycles. The van der Waals surface area contributed by atoms with Crippen LogP contribution in [0.2, 0.25) is 0 Å². The Morgan fingerprint density at radius 3 is 1.49 bits per heavy atom. The Kier molecular flexibility index (Phi) is 9.07. The van der Waals surface area contributed by atoms with Crippen LogP contribution in [-0.4, -0.2) is 140 Å². The van der Waals surface area contributed by atoms with Crippen LogP contribution in [-0.2, 0) is 14.9 Å². The maximum Gasteiger partial charge on any atom is 0.147 e. The lowest BCUT2D eigenvalue weighted by atomic mass is 9.70. The second-order valence-corrected chi connectivity index (χ2v) is 12.4. The summed E-state index contributed by atoms with van der Waals surface area (Å²) in [5, 5.41) is 80.3. The zero-order valence-corrected chi connectivity index (χ0v) is 24.8. The second-order valence-electron chi connectivity index (χ2n) is 12.4. The van der Waals surface area contributed by atoms with Crippen molar-refractivity contribution in [1.29, 1.82) is 0 Å². The predicted molar refractivity (Wildman–Crippen MR) is 161 cm³/mol. The monoisotopic (exact) mass is 621 g/mol. The molecule has 3 fully saturated rings. The minimum atomic E-state index is -1.50. The van der Waals surface area contributed by atoms with Gasteiger partial charge in [-0.05, 0) is 79.5 Å². The second kappa shape index (κ2) is 12.7. The van der Waals surface area contributed by atoms with Gasteiger partial charge in [-0.25, -0.2) is 0 Å². The fourth-order valence-electron chi connectivity index (χ4n) is 6.94. The van der Waals surface area contributed by atoms with Crippen molar-refractivity contribution in [2.24, 2.45) is 0 Å². The molecule has 0 aromatic heterocycles. The van der Waals surface area contributed by atoms with Crippen molar-refractivity contribution in [3.8, 4) is 34.8 Å². The van der Waals surface area contributed by atoms with E-state index in [-0.39, 0.29) is 5.41 Å². The molecule has 0 bridgehead atoms. The molecule has 240 valence electrons. The average molecular weight is 622 g/mol. The van der Waals surface area contributed by atoms with E-state index >= 15 is 0 Å². The highest BCUT2D eigenvalue weighted by Gasteiger charge is 2.46. The normalized spacial score (nSPS) is 35.5. The number of ether oxygens (including phenoxy) is 2. The van der Waals surface area contributed by atoms with Crippen LogP contribution in [0.4, 0.5) is 0 Å². The molecule has 11 nitrogen and oxygen atoms in total. The lowest BCUT2D eigenvalue weighted by Gasteiger charge is -2.39. The summed E-state index contributed by atoms with van der Waals surface area (Å²) < 4.78 is 11.1. The molecule has 45 heavy (non-hydrogen) atoms. The first-order valence-electron chi connectivity index (χ1n) is 15.2. The quantitative estimate of drug-likeness (QED) is 0.175. The largest absolute Gasteiger partial charge is 0.394 e. The molecule has 2 aromatic rings. The van der Waals surface area contributed by atoms with Crippen molar-refractivity contribution in [3.05, 3.63) is 58.7 Å². The Labute approximate surface area is 261 Å². The van der Waals surface area contributed by atoms with E-state index in [4.69, 9.17) is 9.47 Å². The average Bonchev–Trinajstić information content (AvgIpc) is 3.31. The third-order valence-corrected chi connectivity index (χ3v) is 9.70. The van der Waals surface area contributed by atoms with Gasteiger partial charge in [-0.3, -0.25) is 0 Å². The van der Waals surface area contributed by atoms with Gasteiger partial charge in [0.1, 0.15) is 61.0 Å². The van der Waals surface area contributed by atoms with Crippen molar-refractivity contribution in [1.82, 2.24) is 4.90 Å². The van der Waals surface area contributed by atoms with Crippen LogP contribution in [0.5, 0.6) is 0 Å². The summed E-state index contributed by atoms with van der Waals surface area (Å²) in [5.74, 6) is 11.9. The molecule has 2 aromatic carbocycles. The molecule has 0 radical (unpaired) electrons. The van der Waals surface area contributed by atoms with Crippen LogP contribution in [0, 0.1) is 23.7 Å². The Bertz CT molecular complexity index is 1420. The van der Waals surface area contributed by atoms with Crippen molar-refractivity contribution in [2.45, 2.75) is 79.3 Å². The predicted octanol–water partition coefficient (Wildman–Crippen LogP) is -1.93. The van der Waals surface area contributed by atoms with Gasteiger partial charge in [0.25, 0.3) is 0 Å². The highest BCUT2D eigenvalue weighted by atomic mass is 16.5. The van der Waals surface area contributed by atoms with Gasteiger partial charge in [0, 0.05) is 16.5 Å². The Balaban J connectivity index is 1.32. The minimum absolute atomic E-state index is 0.307. The molecule has 10 atom stereocenters. The Morgan fingerprint density at radius 2 is 1.09 bits per heavy atom. The molecule has 3 aliphatic heterocycles. The van der Waals surface area contributed by atoms with E-state index in [1.165, 1.54) is 0 Å². The topological polar surface area (TPSA) is 184 Å². The summed E-state index contributed by atoms with van der Waals surface area (Å²) in [4.78, 5) is 2.29. The van der Waals surface area contributed by atoms with Gasteiger partial charge in [-0.15, -0.1) is 0 Å². The van der Waals surface area contributed by atoms with E-state index in [9.17, 15) is 40.9 Å². The number of hydrogen-bond acceptors (Lipinski definition) is 11. The molecule has 11 heteroatoms. The maximum absolute atomic E-state index is 10.4. The van der Waals surface area contributed by atoms with E-state index in [0.717, 1.165) is 48.2 Å². The van der Waals surface area contributed by atoms with Crippen LogP contribution in [0.3, 0.4) is 0 Å². The molecular weight excluding hydrogens is 582 g/mol. The molecular formula is C34H39NO10. The van der Waals surface area contributed by atoms with Gasteiger partial charge in [0.15, 0.2) is 0 Å². The number of fused-ring (bicyclic) bond motifs is 5. The van der Waals surface area contributed by atoms with E-state index in [2.05, 4.69) is 47.8 Å². The van der Waals surface area contributed by atoms with Gasteiger partial charge in [0.05, 0.1) is 13.2 Å². The smallest absolute Gasteiger partial charge is 0.147 e. The summed E-state index contributed by atoms with van der Waals surface area (Å²) >= 11 is 0. The number of likely N-dealkylation sites (tertiary alicyclic amines) is 1. The third kappa shape index (κ3) is 5.69. The lowest BCUT2D eigenvalue weighted by Crippen LogP contribution is -2.58. The standard InChI is InChI=1S/C34H39NO10/c1-35-12-10-34(11-13-35)22-14-18(4-8-24-28(38)32(42)30(40)26(16-36)44-24)2-6-20(22)21-7-3-19(15-23(21)34)5-9-25-29(39)33(43)31(41)27(17-37)45-25/h2-3,6-7,14-15,24-33,36-43H,10-13,16-17H2,1H3/t24?,25?,26?,27?,28?,29?,30-,31-,32?,33?/m1/s1. The van der Waals surface area contributed by atoms with Gasteiger partial charge in [-0.1, -0.05) is 35.8 Å². The number of aliphatic hydroxyl groups is 8. The first-order chi connectivity index (χ1) is 21.6. The summed E-state index contributed by atoms with van der Waals surface area (Å²) in [6, 6.07) is 11.9. The first-order valence-corrected chi connectivity index (χ1v) is 15.2. The molecule has 0 amide bonds. The van der Waals surface area contributed by atoms with Crippen molar-refractivity contribution in [3.63, 3.8) is 0 Å². The number of hydrogen-bond donors (Lipinski definition) is 8. The molecule has 1 spiro atoms.